The summed E-state index contributed by atoms with van der Waals surface area (Å²) in [5, 5.41) is 0.0909. The number of fused-ring (bicyclic) bond motifs is 1. The molecule has 4 fully saturated rings. The van der Waals surface area contributed by atoms with Crippen molar-refractivity contribution in [1.29, 1.82) is 0 Å². The molecule has 4 heteroatoms. The highest BCUT2D eigenvalue weighted by Crippen LogP contribution is 2.71. The lowest BCUT2D eigenvalue weighted by Gasteiger charge is -2.61. The molecule has 4 aliphatic rings. The summed E-state index contributed by atoms with van der Waals surface area (Å²) in [6, 6.07) is 0. The van der Waals surface area contributed by atoms with Gasteiger partial charge in [-0.05, 0) is 60.2 Å². The summed E-state index contributed by atoms with van der Waals surface area (Å²) >= 11 is 4.39. The van der Waals surface area contributed by atoms with Gasteiger partial charge in [-0.2, -0.15) is 0 Å². The molecule has 4 rings (SSSR count). The summed E-state index contributed by atoms with van der Waals surface area (Å²) < 4.78 is 17.9. The average Bonchev–Trinajstić information content (AvgIpc) is 2.61. The van der Waals surface area contributed by atoms with Crippen molar-refractivity contribution < 1.29 is 8.39 Å². The number of alkyl halides is 1. The quantitative estimate of drug-likeness (QED) is 0.720. The molecule has 0 saturated heterocycles. The second-order valence-corrected chi connectivity index (χ2v) is 9.83. The Labute approximate surface area is 130 Å². The van der Waals surface area contributed by atoms with Crippen LogP contribution in [0.5, 0.6) is 0 Å². The molecule has 7 atom stereocenters. The smallest absolute Gasteiger partial charge is 0.171 e. The van der Waals surface area contributed by atoms with Crippen molar-refractivity contribution in [2.75, 3.05) is 5.21 Å². The minimum absolute atomic E-state index is 0.0909. The lowest BCUT2D eigenvalue weighted by molar-refractivity contribution is -0.157. The van der Waals surface area contributed by atoms with Gasteiger partial charge in [0.15, 0.2) is 11.1 Å². The standard InChI is InChI=1S/C16H27ClO2S/c1-10(2)11-7-13-15(3)5-6-16(13,4)14(12(11)8-15)19-20(18)9-17/h10-14H,5-9H2,1-4H3/t11-,12-,13-,14+,15+,16+,20?/m0/s1. The monoisotopic (exact) mass is 318 g/mol. The molecule has 0 N–H and O–H groups in total. The minimum atomic E-state index is -1.33. The summed E-state index contributed by atoms with van der Waals surface area (Å²) in [4.78, 5) is 0. The zero-order valence-corrected chi connectivity index (χ0v) is 14.6. The van der Waals surface area contributed by atoms with Crippen LogP contribution in [0.15, 0.2) is 0 Å². The molecular weight excluding hydrogens is 292 g/mol. The molecule has 0 aliphatic heterocycles. The zero-order chi connectivity index (χ0) is 14.7. The molecule has 116 valence electrons. The Balaban J connectivity index is 1.94. The molecule has 0 aromatic rings. The Morgan fingerprint density at radius 1 is 1.35 bits per heavy atom. The summed E-state index contributed by atoms with van der Waals surface area (Å²) in [6.45, 7) is 9.50. The Kier molecular flexibility index (Phi) is 3.79. The predicted molar refractivity (Wildman–Crippen MR) is 83.7 cm³/mol. The second kappa shape index (κ2) is 4.96. The number of hydrogen-bond donors (Lipinski definition) is 0. The Morgan fingerprint density at radius 2 is 2.05 bits per heavy atom. The van der Waals surface area contributed by atoms with E-state index in [9.17, 15) is 4.21 Å². The lowest BCUT2D eigenvalue weighted by atomic mass is 9.46. The van der Waals surface area contributed by atoms with Gasteiger partial charge in [0.25, 0.3) is 0 Å². The summed E-state index contributed by atoms with van der Waals surface area (Å²) in [7, 11) is 0. The highest BCUT2D eigenvalue weighted by Gasteiger charge is 2.67. The SMILES string of the molecule is CC(C)[C@@H]1C[C@H]2[C@]3(C)CC[C@@]2(C)[C@H](OS(=O)CCl)[C@H]1C3. The summed E-state index contributed by atoms with van der Waals surface area (Å²) in [5.41, 5.74) is 0.706. The van der Waals surface area contributed by atoms with Gasteiger partial charge < -0.3 is 0 Å². The Bertz CT molecular complexity index is 427. The van der Waals surface area contributed by atoms with Crippen molar-refractivity contribution in [3.63, 3.8) is 0 Å². The third kappa shape index (κ3) is 2.03. The molecule has 4 aliphatic carbocycles. The van der Waals surface area contributed by atoms with E-state index in [4.69, 9.17) is 15.8 Å². The fourth-order valence-electron chi connectivity index (χ4n) is 5.88. The highest BCUT2D eigenvalue weighted by molar-refractivity contribution is 7.81. The fourth-order valence-corrected chi connectivity index (χ4v) is 6.68. The average molecular weight is 319 g/mol. The van der Waals surface area contributed by atoms with Crippen molar-refractivity contribution in [2.45, 2.75) is 59.5 Å². The molecule has 2 nitrogen and oxygen atoms in total. The van der Waals surface area contributed by atoms with E-state index in [1.165, 1.54) is 25.7 Å². The topological polar surface area (TPSA) is 26.3 Å². The molecule has 4 saturated carbocycles. The van der Waals surface area contributed by atoms with Crippen LogP contribution in [0.25, 0.3) is 0 Å². The van der Waals surface area contributed by atoms with Crippen LogP contribution in [-0.2, 0) is 15.3 Å². The van der Waals surface area contributed by atoms with Crippen molar-refractivity contribution in [1.82, 2.24) is 0 Å². The van der Waals surface area contributed by atoms with Crippen LogP contribution in [0.2, 0.25) is 0 Å². The first-order chi connectivity index (χ1) is 9.32. The van der Waals surface area contributed by atoms with Crippen LogP contribution in [-0.4, -0.2) is 15.5 Å². The Hall–Kier alpha value is 0.400. The first-order valence-corrected chi connectivity index (χ1v) is 9.71. The molecule has 20 heavy (non-hydrogen) atoms. The van der Waals surface area contributed by atoms with Crippen molar-refractivity contribution >= 4 is 22.7 Å². The largest absolute Gasteiger partial charge is 0.285 e. The van der Waals surface area contributed by atoms with Gasteiger partial charge >= 0.3 is 0 Å². The van der Waals surface area contributed by atoms with Gasteiger partial charge in [-0.15, -0.1) is 11.6 Å². The highest BCUT2D eigenvalue weighted by atomic mass is 35.5. The van der Waals surface area contributed by atoms with Crippen LogP contribution in [0.1, 0.15) is 53.4 Å². The maximum Gasteiger partial charge on any atom is 0.171 e. The molecule has 0 amide bonds. The number of halogens is 1. The number of hydrogen-bond acceptors (Lipinski definition) is 2. The van der Waals surface area contributed by atoms with E-state index in [0.29, 0.717) is 17.3 Å². The van der Waals surface area contributed by atoms with Crippen LogP contribution in [0.3, 0.4) is 0 Å². The van der Waals surface area contributed by atoms with Gasteiger partial charge in [0, 0.05) is 0 Å². The molecule has 1 unspecified atom stereocenters. The van der Waals surface area contributed by atoms with Crippen LogP contribution >= 0.6 is 11.6 Å². The predicted octanol–water partition coefficient (Wildman–Crippen LogP) is 4.35. The molecule has 0 aromatic heterocycles. The maximum absolute atomic E-state index is 11.9. The molecule has 4 bridgehead atoms. The third-order valence-corrected chi connectivity index (χ3v) is 7.96. The minimum Gasteiger partial charge on any atom is -0.285 e. The van der Waals surface area contributed by atoms with Crippen LogP contribution in [0.4, 0.5) is 0 Å². The normalized spacial score (nSPS) is 51.7. The molecule has 0 spiro atoms. The summed E-state index contributed by atoms with van der Waals surface area (Å²) in [6.07, 6.45) is 5.26. The van der Waals surface area contributed by atoms with Gasteiger partial charge in [-0.1, -0.05) is 27.7 Å². The zero-order valence-electron chi connectivity index (χ0n) is 13.0. The van der Waals surface area contributed by atoms with Gasteiger partial charge in [-0.3, -0.25) is 4.18 Å². The second-order valence-electron chi connectivity index (χ2n) is 8.15. The van der Waals surface area contributed by atoms with Gasteiger partial charge in [0.05, 0.1) is 6.10 Å². The third-order valence-electron chi connectivity index (χ3n) is 6.83. The molecule has 0 heterocycles. The first kappa shape index (κ1) is 15.3. The van der Waals surface area contributed by atoms with E-state index >= 15 is 0 Å². The van der Waals surface area contributed by atoms with E-state index in [1.54, 1.807) is 0 Å². The number of rotatable bonds is 4. The molecule has 0 aromatic carbocycles. The fraction of sp³-hybridized carbons (Fsp3) is 1.00. The van der Waals surface area contributed by atoms with E-state index in [1.807, 2.05) is 0 Å². The summed E-state index contributed by atoms with van der Waals surface area (Å²) in [5.74, 6) is 2.69. The molecular formula is C16H27ClO2S. The lowest BCUT2D eigenvalue weighted by Crippen LogP contribution is -2.59. The van der Waals surface area contributed by atoms with E-state index in [0.717, 1.165) is 11.8 Å². The van der Waals surface area contributed by atoms with E-state index in [-0.39, 0.29) is 16.7 Å². The maximum atomic E-state index is 11.9. The van der Waals surface area contributed by atoms with E-state index < -0.39 is 11.1 Å². The van der Waals surface area contributed by atoms with Gasteiger partial charge in [0.2, 0.25) is 0 Å². The molecule has 0 radical (unpaired) electrons. The van der Waals surface area contributed by atoms with E-state index in [2.05, 4.69) is 27.7 Å². The van der Waals surface area contributed by atoms with Crippen LogP contribution in [0, 0.1) is 34.5 Å². The van der Waals surface area contributed by atoms with Crippen molar-refractivity contribution in [2.24, 2.45) is 34.5 Å². The van der Waals surface area contributed by atoms with Crippen LogP contribution < -0.4 is 0 Å². The van der Waals surface area contributed by atoms with Crippen molar-refractivity contribution in [3.8, 4) is 0 Å². The van der Waals surface area contributed by atoms with Crippen molar-refractivity contribution in [3.05, 3.63) is 0 Å². The first-order valence-electron chi connectivity index (χ1n) is 7.93. The Morgan fingerprint density at radius 3 is 2.65 bits per heavy atom. The van der Waals surface area contributed by atoms with Gasteiger partial charge in [-0.25, -0.2) is 4.21 Å². The van der Waals surface area contributed by atoms with Gasteiger partial charge in [0.1, 0.15) is 5.21 Å².